The van der Waals surface area contributed by atoms with Crippen LogP contribution in [0.1, 0.15) is 34.1 Å². The molecule has 3 heterocycles. The number of fused-ring (bicyclic) bond motifs is 1. The second kappa shape index (κ2) is 9.18. The summed E-state index contributed by atoms with van der Waals surface area (Å²) in [6, 6.07) is 3.31. The Kier molecular flexibility index (Phi) is 6.45. The fraction of sp³-hybridized carbons (Fsp3) is 0.286. The van der Waals surface area contributed by atoms with Crippen molar-refractivity contribution < 1.29 is 26.7 Å². The Labute approximate surface area is 199 Å². The third-order valence-corrected chi connectivity index (χ3v) is 7.27. The molecular formula is C21H20ClF2N5O4S. The maximum Gasteiger partial charge on any atom is 0.271 e. The number of imidazole rings is 1. The molecule has 3 aromatic rings. The number of pyridine rings is 1. The SMILES string of the molecule is CNC(=O)c1ncn2c1CC[C@@H](c1c(Cl)ccc(NS(=O)(=O)c3cc(F)cnc3OC)c1F)C2. The van der Waals surface area contributed by atoms with Gasteiger partial charge < -0.3 is 14.6 Å². The molecule has 0 fully saturated rings. The summed E-state index contributed by atoms with van der Waals surface area (Å²) >= 11 is 6.31. The Morgan fingerprint density at radius 3 is 2.76 bits per heavy atom. The van der Waals surface area contributed by atoms with Gasteiger partial charge in [0.25, 0.3) is 15.9 Å². The largest absolute Gasteiger partial charge is 0.480 e. The van der Waals surface area contributed by atoms with E-state index in [0.29, 0.717) is 25.1 Å². The third kappa shape index (κ3) is 4.30. The second-order valence-corrected chi connectivity index (χ2v) is 9.65. The van der Waals surface area contributed by atoms with Crippen LogP contribution in [0.2, 0.25) is 5.02 Å². The molecule has 2 aromatic heterocycles. The maximum absolute atomic E-state index is 15.6. The molecule has 180 valence electrons. The molecule has 0 aliphatic carbocycles. The van der Waals surface area contributed by atoms with Gasteiger partial charge in [-0.1, -0.05) is 11.6 Å². The molecule has 34 heavy (non-hydrogen) atoms. The lowest BCUT2D eigenvalue weighted by atomic mass is 9.89. The minimum Gasteiger partial charge on any atom is -0.480 e. The predicted octanol–water partition coefficient (Wildman–Crippen LogP) is 3.11. The molecule has 0 spiro atoms. The number of hydrogen-bond acceptors (Lipinski definition) is 6. The zero-order valence-electron chi connectivity index (χ0n) is 18.1. The number of methoxy groups -OCH3 is 1. The lowest BCUT2D eigenvalue weighted by Gasteiger charge is -2.26. The van der Waals surface area contributed by atoms with E-state index in [0.717, 1.165) is 18.0 Å². The Hall–Kier alpha value is -3.25. The smallest absolute Gasteiger partial charge is 0.271 e. The summed E-state index contributed by atoms with van der Waals surface area (Å²) in [6.07, 6.45) is 3.23. The zero-order valence-corrected chi connectivity index (χ0v) is 19.7. The number of rotatable bonds is 6. The zero-order chi connectivity index (χ0) is 24.6. The van der Waals surface area contributed by atoms with Crippen LogP contribution in [0.3, 0.4) is 0 Å². The number of ether oxygens (including phenoxy) is 1. The standard InChI is InChI=1S/C21H20ClF2N5O4S/c1-25-20(30)19-15-6-3-11(9-29(15)10-27-19)17-13(22)4-5-14(18(17)24)28-34(31,32)16-7-12(23)8-26-21(16)33-2/h4-5,7-8,10-11,28H,3,6,9H2,1-2H3,(H,25,30)/t11-/m1/s1. The van der Waals surface area contributed by atoms with Crippen LogP contribution in [0.4, 0.5) is 14.5 Å². The monoisotopic (exact) mass is 511 g/mol. The fourth-order valence-electron chi connectivity index (χ4n) is 3.99. The van der Waals surface area contributed by atoms with Gasteiger partial charge in [0, 0.05) is 36.2 Å². The number of anilines is 1. The van der Waals surface area contributed by atoms with Crippen LogP contribution >= 0.6 is 11.6 Å². The highest BCUT2D eigenvalue weighted by atomic mass is 35.5. The number of nitrogens with zero attached hydrogens (tertiary/aromatic N) is 3. The average Bonchev–Trinajstić information content (AvgIpc) is 3.24. The first kappa shape index (κ1) is 23.9. The normalized spacial score (nSPS) is 15.5. The Balaban J connectivity index is 1.67. The third-order valence-electron chi connectivity index (χ3n) is 5.58. The first-order valence-electron chi connectivity index (χ1n) is 10.1. The molecule has 1 amide bonds. The molecule has 2 N–H and O–H groups in total. The van der Waals surface area contributed by atoms with Gasteiger partial charge in [0.1, 0.15) is 11.5 Å². The van der Waals surface area contributed by atoms with Crippen molar-refractivity contribution in [2.75, 3.05) is 18.9 Å². The van der Waals surface area contributed by atoms with Gasteiger partial charge >= 0.3 is 0 Å². The van der Waals surface area contributed by atoms with Gasteiger partial charge in [-0.15, -0.1) is 0 Å². The average molecular weight is 512 g/mol. The quantitative estimate of drug-likeness (QED) is 0.525. The van der Waals surface area contributed by atoms with Crippen molar-refractivity contribution in [3.8, 4) is 5.88 Å². The van der Waals surface area contributed by atoms with Crippen molar-refractivity contribution in [2.45, 2.75) is 30.2 Å². The highest BCUT2D eigenvalue weighted by Crippen LogP contribution is 2.38. The van der Waals surface area contributed by atoms with Gasteiger partial charge in [-0.05, 0) is 25.0 Å². The van der Waals surface area contributed by atoms with Crippen molar-refractivity contribution in [1.82, 2.24) is 19.9 Å². The van der Waals surface area contributed by atoms with E-state index < -0.39 is 32.5 Å². The number of nitrogens with one attached hydrogen (secondary N) is 2. The number of sulfonamides is 1. The van der Waals surface area contributed by atoms with Gasteiger partial charge in [-0.3, -0.25) is 9.52 Å². The molecule has 1 aliphatic rings. The maximum atomic E-state index is 15.6. The van der Waals surface area contributed by atoms with Crippen molar-refractivity contribution >= 4 is 33.2 Å². The summed E-state index contributed by atoms with van der Waals surface area (Å²) in [5, 5.41) is 2.67. The van der Waals surface area contributed by atoms with Crippen LogP contribution in [-0.4, -0.2) is 43.0 Å². The summed E-state index contributed by atoms with van der Waals surface area (Å²) in [6.45, 7) is 0.299. The first-order chi connectivity index (χ1) is 16.2. The molecule has 1 aliphatic heterocycles. The van der Waals surface area contributed by atoms with Crippen LogP contribution < -0.4 is 14.8 Å². The topological polar surface area (TPSA) is 115 Å². The van der Waals surface area contributed by atoms with Gasteiger partial charge in [-0.2, -0.15) is 0 Å². The molecule has 1 aromatic carbocycles. The van der Waals surface area contributed by atoms with E-state index in [1.807, 2.05) is 0 Å². The number of benzene rings is 1. The van der Waals surface area contributed by atoms with E-state index in [2.05, 4.69) is 20.0 Å². The van der Waals surface area contributed by atoms with Crippen LogP contribution in [0.25, 0.3) is 0 Å². The minimum atomic E-state index is -4.44. The Morgan fingerprint density at radius 2 is 2.06 bits per heavy atom. The number of carbonyl (C=O) groups excluding carboxylic acids is 1. The van der Waals surface area contributed by atoms with Gasteiger partial charge in [0.05, 0.1) is 31.0 Å². The van der Waals surface area contributed by atoms with Crippen LogP contribution in [0.5, 0.6) is 5.88 Å². The van der Waals surface area contributed by atoms with Gasteiger partial charge in [0.15, 0.2) is 10.7 Å². The number of amides is 1. The highest BCUT2D eigenvalue weighted by molar-refractivity contribution is 7.92. The minimum absolute atomic E-state index is 0.130. The van der Waals surface area contributed by atoms with Gasteiger partial charge in [0.2, 0.25) is 5.88 Å². The first-order valence-corrected chi connectivity index (χ1v) is 12.0. The second-order valence-electron chi connectivity index (χ2n) is 7.60. The molecule has 0 saturated heterocycles. The molecule has 9 nitrogen and oxygen atoms in total. The van der Waals surface area contributed by atoms with Gasteiger partial charge in [-0.25, -0.2) is 27.2 Å². The van der Waals surface area contributed by atoms with Crippen molar-refractivity contribution in [3.05, 3.63) is 64.3 Å². The van der Waals surface area contributed by atoms with E-state index in [1.165, 1.54) is 32.6 Å². The molecule has 13 heteroatoms. The number of halogens is 3. The molecule has 4 rings (SSSR count). The number of carbonyl (C=O) groups is 1. The van der Waals surface area contributed by atoms with Crippen LogP contribution in [-0.2, 0) is 23.0 Å². The van der Waals surface area contributed by atoms with Crippen LogP contribution in [0, 0.1) is 11.6 Å². The molecule has 0 saturated carbocycles. The van der Waals surface area contributed by atoms with E-state index >= 15 is 4.39 Å². The summed E-state index contributed by atoms with van der Waals surface area (Å²) < 4.78 is 63.8. The van der Waals surface area contributed by atoms with E-state index in [1.54, 1.807) is 4.57 Å². The lowest BCUT2D eigenvalue weighted by Crippen LogP contribution is -2.24. The fourth-order valence-corrected chi connectivity index (χ4v) is 5.48. The molecule has 0 bridgehead atoms. The number of aromatic nitrogens is 3. The lowest BCUT2D eigenvalue weighted by molar-refractivity contribution is 0.0957. The van der Waals surface area contributed by atoms with Crippen molar-refractivity contribution in [3.63, 3.8) is 0 Å². The highest BCUT2D eigenvalue weighted by Gasteiger charge is 2.30. The van der Waals surface area contributed by atoms with Crippen molar-refractivity contribution in [2.24, 2.45) is 0 Å². The summed E-state index contributed by atoms with van der Waals surface area (Å²) in [7, 11) is -1.74. The molecule has 0 unspecified atom stereocenters. The predicted molar refractivity (Wildman–Crippen MR) is 120 cm³/mol. The van der Waals surface area contributed by atoms with E-state index in [9.17, 15) is 17.6 Å². The molecule has 0 radical (unpaired) electrons. The van der Waals surface area contributed by atoms with Crippen molar-refractivity contribution in [1.29, 1.82) is 0 Å². The molecular weight excluding hydrogens is 492 g/mol. The van der Waals surface area contributed by atoms with E-state index in [-0.39, 0.29) is 28.1 Å². The summed E-state index contributed by atoms with van der Waals surface area (Å²) in [5.74, 6) is -2.79. The molecule has 1 atom stereocenters. The summed E-state index contributed by atoms with van der Waals surface area (Å²) in [4.78, 5) is 19.2. The van der Waals surface area contributed by atoms with E-state index in [4.69, 9.17) is 16.3 Å². The Morgan fingerprint density at radius 1 is 1.29 bits per heavy atom. The summed E-state index contributed by atoms with van der Waals surface area (Å²) in [5.41, 5.74) is 0.821. The number of hydrogen-bond donors (Lipinski definition) is 2. The Bertz CT molecular complexity index is 1380. The van der Waals surface area contributed by atoms with Crippen LogP contribution in [0.15, 0.2) is 35.6 Å².